The van der Waals surface area contributed by atoms with Crippen molar-refractivity contribution in [3.05, 3.63) is 29.6 Å². The summed E-state index contributed by atoms with van der Waals surface area (Å²) in [5.41, 5.74) is 0.510. The predicted octanol–water partition coefficient (Wildman–Crippen LogP) is 1.57. The van der Waals surface area contributed by atoms with Crippen molar-refractivity contribution < 1.29 is 9.13 Å². The number of rotatable bonds is 2. The summed E-state index contributed by atoms with van der Waals surface area (Å²) in [7, 11) is 1.52. The van der Waals surface area contributed by atoms with Crippen LogP contribution < -0.4 is 10.1 Å². The molecule has 0 saturated heterocycles. The van der Waals surface area contributed by atoms with Crippen LogP contribution in [-0.4, -0.2) is 26.0 Å². The molecule has 0 radical (unpaired) electrons. The zero-order valence-electron chi connectivity index (χ0n) is 8.59. The van der Waals surface area contributed by atoms with Crippen LogP contribution in [-0.2, 0) is 0 Å². The Hall–Kier alpha value is -1.58. The van der Waals surface area contributed by atoms with Crippen molar-refractivity contribution in [2.45, 2.75) is 6.42 Å². The van der Waals surface area contributed by atoms with Crippen molar-refractivity contribution in [1.29, 1.82) is 0 Å². The number of hydrogen-bond donors (Lipinski definition) is 1. The van der Waals surface area contributed by atoms with E-state index >= 15 is 0 Å². The van der Waals surface area contributed by atoms with Crippen LogP contribution in [0.25, 0.3) is 0 Å². The van der Waals surface area contributed by atoms with E-state index in [1.165, 1.54) is 13.2 Å². The van der Waals surface area contributed by atoms with Gasteiger partial charge in [-0.3, -0.25) is 4.99 Å². The number of halogens is 1. The highest BCUT2D eigenvalue weighted by Gasteiger charge is 2.12. The van der Waals surface area contributed by atoms with Crippen LogP contribution in [0.4, 0.5) is 4.39 Å². The molecular formula is C11H13FN2O. The Kier molecular flexibility index (Phi) is 2.85. The lowest BCUT2D eigenvalue weighted by atomic mass is 10.1. The van der Waals surface area contributed by atoms with Gasteiger partial charge in [-0.2, -0.15) is 0 Å². The Balaban J connectivity index is 2.32. The van der Waals surface area contributed by atoms with Gasteiger partial charge in [-0.15, -0.1) is 0 Å². The third-order valence-electron chi connectivity index (χ3n) is 2.33. The molecule has 1 N–H and O–H groups in total. The minimum atomic E-state index is -0.303. The maximum absolute atomic E-state index is 13.6. The van der Waals surface area contributed by atoms with Gasteiger partial charge in [0.1, 0.15) is 17.4 Å². The third-order valence-corrected chi connectivity index (χ3v) is 2.33. The molecule has 1 aliphatic rings. The second-order valence-electron chi connectivity index (χ2n) is 3.36. The van der Waals surface area contributed by atoms with E-state index in [1.807, 2.05) is 0 Å². The first-order valence-corrected chi connectivity index (χ1v) is 4.93. The van der Waals surface area contributed by atoms with Gasteiger partial charge < -0.3 is 10.1 Å². The molecule has 3 nitrogen and oxygen atoms in total. The fourth-order valence-corrected chi connectivity index (χ4v) is 1.53. The lowest BCUT2D eigenvalue weighted by Gasteiger charge is -2.15. The average molecular weight is 208 g/mol. The molecule has 0 bridgehead atoms. The summed E-state index contributed by atoms with van der Waals surface area (Å²) in [6.07, 6.45) is 1.00. The summed E-state index contributed by atoms with van der Waals surface area (Å²) in [5.74, 6) is 0.858. The van der Waals surface area contributed by atoms with Gasteiger partial charge >= 0.3 is 0 Å². The van der Waals surface area contributed by atoms with Crippen LogP contribution >= 0.6 is 0 Å². The van der Waals surface area contributed by atoms with E-state index in [2.05, 4.69) is 10.3 Å². The number of benzene rings is 1. The molecular weight excluding hydrogens is 195 g/mol. The molecule has 0 amide bonds. The van der Waals surface area contributed by atoms with E-state index in [1.54, 1.807) is 12.1 Å². The number of hydrogen-bond acceptors (Lipinski definition) is 3. The van der Waals surface area contributed by atoms with Crippen LogP contribution in [0, 0.1) is 5.82 Å². The Morgan fingerprint density at radius 3 is 2.93 bits per heavy atom. The number of amidine groups is 1. The van der Waals surface area contributed by atoms with Crippen molar-refractivity contribution in [3.8, 4) is 5.75 Å². The number of aliphatic imine (C=N–C) groups is 1. The first-order chi connectivity index (χ1) is 7.31. The maximum Gasteiger partial charge on any atom is 0.137 e. The van der Waals surface area contributed by atoms with Crippen molar-refractivity contribution >= 4 is 5.84 Å². The first-order valence-electron chi connectivity index (χ1n) is 4.93. The van der Waals surface area contributed by atoms with Crippen LogP contribution in [0.3, 0.4) is 0 Å². The minimum absolute atomic E-state index is 0.303. The molecule has 0 atom stereocenters. The van der Waals surface area contributed by atoms with Gasteiger partial charge in [-0.05, 0) is 18.6 Å². The van der Waals surface area contributed by atoms with Crippen molar-refractivity contribution in [2.75, 3.05) is 20.2 Å². The molecule has 15 heavy (non-hydrogen) atoms. The summed E-state index contributed by atoms with van der Waals surface area (Å²) >= 11 is 0. The molecule has 0 aromatic heterocycles. The van der Waals surface area contributed by atoms with E-state index in [-0.39, 0.29) is 5.82 Å². The average Bonchev–Trinajstić information content (AvgIpc) is 2.30. The molecule has 1 heterocycles. The smallest absolute Gasteiger partial charge is 0.137 e. The summed E-state index contributed by atoms with van der Waals surface area (Å²) in [5, 5.41) is 3.08. The van der Waals surface area contributed by atoms with Crippen LogP contribution in [0.1, 0.15) is 12.0 Å². The standard InChI is InChI=1S/C11H13FN2O/c1-15-8-3-4-9(10(12)7-8)11-13-5-2-6-14-11/h3-4,7H,2,5-6H2,1H3,(H,13,14). The second-order valence-corrected chi connectivity index (χ2v) is 3.36. The summed E-state index contributed by atoms with van der Waals surface area (Å²) in [6.45, 7) is 1.61. The van der Waals surface area contributed by atoms with E-state index in [9.17, 15) is 4.39 Å². The summed E-state index contributed by atoms with van der Waals surface area (Å²) < 4.78 is 18.6. The Labute approximate surface area is 88.0 Å². The lowest BCUT2D eigenvalue weighted by Crippen LogP contribution is -2.30. The van der Waals surface area contributed by atoms with Gasteiger partial charge in [0.2, 0.25) is 0 Å². The monoisotopic (exact) mass is 208 g/mol. The Morgan fingerprint density at radius 2 is 2.33 bits per heavy atom. The van der Waals surface area contributed by atoms with Crippen LogP contribution in [0.15, 0.2) is 23.2 Å². The molecule has 0 saturated carbocycles. The minimum Gasteiger partial charge on any atom is -0.497 e. The zero-order valence-corrected chi connectivity index (χ0v) is 8.59. The zero-order chi connectivity index (χ0) is 10.7. The molecule has 0 fully saturated rings. The molecule has 4 heteroatoms. The fourth-order valence-electron chi connectivity index (χ4n) is 1.53. The van der Waals surface area contributed by atoms with Crippen molar-refractivity contribution in [1.82, 2.24) is 5.32 Å². The molecule has 1 aromatic carbocycles. The van der Waals surface area contributed by atoms with Gasteiger partial charge in [0.05, 0.1) is 12.7 Å². The molecule has 0 spiro atoms. The highest BCUT2D eigenvalue weighted by molar-refractivity contribution is 5.99. The SMILES string of the molecule is COc1ccc(C2=NCCCN2)c(F)c1. The van der Waals surface area contributed by atoms with Gasteiger partial charge in [-0.1, -0.05) is 0 Å². The number of methoxy groups -OCH3 is 1. The van der Waals surface area contributed by atoms with E-state index in [4.69, 9.17) is 4.74 Å². The molecule has 1 aliphatic heterocycles. The van der Waals surface area contributed by atoms with Crippen molar-refractivity contribution in [3.63, 3.8) is 0 Å². The number of nitrogens with one attached hydrogen (secondary N) is 1. The largest absolute Gasteiger partial charge is 0.497 e. The molecule has 0 unspecified atom stereocenters. The third kappa shape index (κ3) is 2.09. The van der Waals surface area contributed by atoms with Crippen LogP contribution in [0.5, 0.6) is 5.75 Å². The molecule has 1 aromatic rings. The number of nitrogens with zero attached hydrogens (tertiary/aromatic N) is 1. The van der Waals surface area contributed by atoms with Crippen molar-refractivity contribution in [2.24, 2.45) is 4.99 Å². The van der Waals surface area contributed by atoms with Crippen LogP contribution in [0.2, 0.25) is 0 Å². The normalized spacial score (nSPS) is 15.5. The first kappa shape index (κ1) is 9.96. The van der Waals surface area contributed by atoms with Gasteiger partial charge in [-0.25, -0.2) is 4.39 Å². The molecule has 80 valence electrons. The predicted molar refractivity (Wildman–Crippen MR) is 57.0 cm³/mol. The Morgan fingerprint density at radius 1 is 1.47 bits per heavy atom. The highest BCUT2D eigenvalue weighted by Crippen LogP contribution is 2.17. The van der Waals surface area contributed by atoms with Gasteiger partial charge in [0.25, 0.3) is 0 Å². The van der Waals surface area contributed by atoms with Gasteiger partial charge in [0, 0.05) is 19.2 Å². The Bertz CT molecular complexity index is 390. The highest BCUT2D eigenvalue weighted by atomic mass is 19.1. The van der Waals surface area contributed by atoms with Gasteiger partial charge in [0.15, 0.2) is 0 Å². The second kappa shape index (κ2) is 4.29. The quantitative estimate of drug-likeness (QED) is 0.800. The maximum atomic E-state index is 13.6. The van der Waals surface area contributed by atoms with E-state index < -0.39 is 0 Å². The molecule has 2 rings (SSSR count). The summed E-state index contributed by atoms with van der Waals surface area (Å²) in [6, 6.07) is 4.79. The lowest BCUT2D eigenvalue weighted by molar-refractivity contribution is 0.411. The molecule has 0 aliphatic carbocycles. The number of ether oxygens (including phenoxy) is 1. The fraction of sp³-hybridized carbons (Fsp3) is 0.364. The van der Waals surface area contributed by atoms with E-state index in [0.29, 0.717) is 17.1 Å². The van der Waals surface area contributed by atoms with E-state index in [0.717, 1.165) is 19.5 Å². The topological polar surface area (TPSA) is 33.6 Å². The summed E-state index contributed by atoms with van der Waals surface area (Å²) in [4.78, 5) is 4.24.